The van der Waals surface area contributed by atoms with Crippen LogP contribution in [0.3, 0.4) is 0 Å². The third-order valence-corrected chi connectivity index (χ3v) is 5.27. The first kappa shape index (κ1) is 12.9. The molecule has 0 spiro atoms. The van der Waals surface area contributed by atoms with Crippen LogP contribution in [-0.2, 0) is 10.0 Å². The lowest BCUT2D eigenvalue weighted by Crippen LogP contribution is -2.45. The van der Waals surface area contributed by atoms with E-state index < -0.39 is 10.0 Å². The smallest absolute Gasteiger partial charge is 0.207 e. The fourth-order valence-electron chi connectivity index (χ4n) is 1.98. The van der Waals surface area contributed by atoms with Crippen molar-refractivity contribution in [3.8, 4) is 0 Å². The third-order valence-electron chi connectivity index (χ3n) is 3.14. The van der Waals surface area contributed by atoms with Gasteiger partial charge in [0.15, 0.2) is 0 Å². The Morgan fingerprint density at radius 2 is 1.88 bits per heavy atom. The Morgan fingerprint density at radius 3 is 2.35 bits per heavy atom. The standard InChI is InChI=1S/C12H16ClNO2S/c13-9-10-14(11-5-4-6-11)17(15,16)12-7-2-1-3-8-12/h1-3,7-8,11H,4-6,9-10H2. The zero-order valence-electron chi connectivity index (χ0n) is 9.55. The predicted molar refractivity (Wildman–Crippen MR) is 68.7 cm³/mol. The van der Waals surface area contributed by atoms with Crippen molar-refractivity contribution in [3.05, 3.63) is 30.3 Å². The normalized spacial score (nSPS) is 17.1. The average molecular weight is 274 g/mol. The number of benzene rings is 1. The molecular weight excluding hydrogens is 258 g/mol. The van der Waals surface area contributed by atoms with Crippen LogP contribution in [0.15, 0.2) is 35.2 Å². The Labute approximate surface area is 107 Å². The maximum absolute atomic E-state index is 12.4. The summed E-state index contributed by atoms with van der Waals surface area (Å²) in [5.41, 5.74) is 0. The molecule has 1 aliphatic rings. The molecule has 1 aromatic carbocycles. The lowest BCUT2D eigenvalue weighted by atomic mass is 9.93. The number of rotatable bonds is 5. The van der Waals surface area contributed by atoms with Crippen molar-refractivity contribution in [1.29, 1.82) is 0 Å². The molecule has 5 heteroatoms. The number of sulfonamides is 1. The van der Waals surface area contributed by atoms with E-state index in [2.05, 4.69) is 0 Å². The van der Waals surface area contributed by atoms with Crippen molar-refractivity contribution in [2.75, 3.05) is 12.4 Å². The second-order valence-electron chi connectivity index (χ2n) is 4.20. The van der Waals surface area contributed by atoms with Gasteiger partial charge in [-0.1, -0.05) is 24.6 Å². The van der Waals surface area contributed by atoms with Crippen LogP contribution in [0.1, 0.15) is 19.3 Å². The van der Waals surface area contributed by atoms with Crippen LogP contribution in [0.2, 0.25) is 0 Å². The van der Waals surface area contributed by atoms with Gasteiger partial charge >= 0.3 is 0 Å². The molecule has 0 bridgehead atoms. The topological polar surface area (TPSA) is 37.4 Å². The highest BCUT2D eigenvalue weighted by molar-refractivity contribution is 7.89. The molecule has 3 nitrogen and oxygen atoms in total. The van der Waals surface area contributed by atoms with E-state index in [0.717, 1.165) is 19.3 Å². The molecule has 0 radical (unpaired) electrons. The van der Waals surface area contributed by atoms with Crippen molar-refractivity contribution < 1.29 is 8.42 Å². The molecule has 0 aromatic heterocycles. The monoisotopic (exact) mass is 273 g/mol. The van der Waals surface area contributed by atoms with Crippen molar-refractivity contribution in [3.63, 3.8) is 0 Å². The number of alkyl halides is 1. The SMILES string of the molecule is O=S(=O)(c1ccccc1)N(CCCl)C1CCC1. The summed E-state index contributed by atoms with van der Waals surface area (Å²) in [6.45, 7) is 0.392. The highest BCUT2D eigenvalue weighted by Gasteiger charge is 2.34. The molecule has 0 atom stereocenters. The van der Waals surface area contributed by atoms with Crippen LogP contribution < -0.4 is 0 Å². The van der Waals surface area contributed by atoms with Gasteiger partial charge in [0.1, 0.15) is 0 Å². The van der Waals surface area contributed by atoms with E-state index in [-0.39, 0.29) is 6.04 Å². The molecule has 0 amide bonds. The fourth-order valence-corrected chi connectivity index (χ4v) is 3.97. The third kappa shape index (κ3) is 2.64. The lowest BCUT2D eigenvalue weighted by molar-refractivity contribution is 0.227. The van der Waals surface area contributed by atoms with E-state index in [1.807, 2.05) is 6.07 Å². The molecule has 1 saturated carbocycles. The van der Waals surface area contributed by atoms with Crippen molar-refractivity contribution >= 4 is 21.6 Å². The summed E-state index contributed by atoms with van der Waals surface area (Å²) in [4.78, 5) is 0.358. The molecule has 0 unspecified atom stereocenters. The molecule has 17 heavy (non-hydrogen) atoms. The van der Waals surface area contributed by atoms with Crippen LogP contribution in [0.25, 0.3) is 0 Å². The minimum absolute atomic E-state index is 0.138. The lowest BCUT2D eigenvalue weighted by Gasteiger charge is -2.36. The van der Waals surface area contributed by atoms with Crippen molar-refractivity contribution in [2.45, 2.75) is 30.2 Å². The van der Waals surface area contributed by atoms with Gasteiger partial charge < -0.3 is 0 Å². The van der Waals surface area contributed by atoms with E-state index in [0.29, 0.717) is 17.3 Å². The van der Waals surface area contributed by atoms with Gasteiger partial charge in [-0.2, -0.15) is 4.31 Å². The minimum Gasteiger partial charge on any atom is -0.207 e. The fraction of sp³-hybridized carbons (Fsp3) is 0.500. The first-order valence-corrected chi connectivity index (χ1v) is 7.76. The van der Waals surface area contributed by atoms with Crippen molar-refractivity contribution in [2.24, 2.45) is 0 Å². The largest absolute Gasteiger partial charge is 0.243 e. The van der Waals surface area contributed by atoms with E-state index in [4.69, 9.17) is 11.6 Å². The second-order valence-corrected chi connectivity index (χ2v) is 6.47. The first-order chi connectivity index (χ1) is 8.16. The maximum Gasteiger partial charge on any atom is 0.243 e. The number of halogens is 1. The molecule has 2 rings (SSSR count). The van der Waals surface area contributed by atoms with Gasteiger partial charge in [-0.25, -0.2) is 8.42 Å². The van der Waals surface area contributed by atoms with Gasteiger partial charge in [-0.3, -0.25) is 0 Å². The van der Waals surface area contributed by atoms with Gasteiger partial charge in [0.2, 0.25) is 10.0 Å². The summed E-state index contributed by atoms with van der Waals surface area (Å²) in [5.74, 6) is 0.336. The average Bonchev–Trinajstić information content (AvgIpc) is 2.27. The molecule has 0 saturated heterocycles. The Morgan fingerprint density at radius 1 is 1.24 bits per heavy atom. The predicted octanol–water partition coefficient (Wildman–Crippen LogP) is 2.47. The van der Waals surface area contributed by atoms with E-state index in [1.165, 1.54) is 0 Å². The first-order valence-electron chi connectivity index (χ1n) is 5.79. The highest BCUT2D eigenvalue weighted by Crippen LogP contribution is 2.29. The zero-order valence-corrected chi connectivity index (χ0v) is 11.1. The number of nitrogens with zero attached hydrogens (tertiary/aromatic N) is 1. The molecule has 0 aliphatic heterocycles. The van der Waals surface area contributed by atoms with E-state index in [9.17, 15) is 8.42 Å². The van der Waals surface area contributed by atoms with E-state index >= 15 is 0 Å². The summed E-state index contributed by atoms with van der Waals surface area (Å²) >= 11 is 5.71. The van der Waals surface area contributed by atoms with Crippen molar-refractivity contribution in [1.82, 2.24) is 4.31 Å². The van der Waals surface area contributed by atoms with Crippen LogP contribution in [-0.4, -0.2) is 31.2 Å². The van der Waals surface area contributed by atoms with Crippen LogP contribution in [0.4, 0.5) is 0 Å². The van der Waals surface area contributed by atoms with Gasteiger partial charge in [-0.15, -0.1) is 11.6 Å². The highest BCUT2D eigenvalue weighted by atomic mass is 35.5. The Kier molecular flexibility index (Phi) is 4.07. The van der Waals surface area contributed by atoms with Crippen LogP contribution in [0, 0.1) is 0 Å². The molecule has 94 valence electrons. The molecule has 0 N–H and O–H groups in total. The molecule has 1 aromatic rings. The van der Waals surface area contributed by atoms with Gasteiger partial charge in [0, 0.05) is 18.5 Å². The summed E-state index contributed by atoms with van der Waals surface area (Å²) in [5, 5.41) is 0. The van der Waals surface area contributed by atoms with Gasteiger partial charge in [0.25, 0.3) is 0 Å². The molecule has 0 heterocycles. The van der Waals surface area contributed by atoms with Crippen LogP contribution in [0.5, 0.6) is 0 Å². The van der Waals surface area contributed by atoms with Gasteiger partial charge in [0.05, 0.1) is 4.90 Å². The van der Waals surface area contributed by atoms with E-state index in [1.54, 1.807) is 28.6 Å². The number of hydrogen-bond acceptors (Lipinski definition) is 2. The Balaban J connectivity index is 2.28. The van der Waals surface area contributed by atoms with Crippen LogP contribution >= 0.6 is 11.6 Å². The summed E-state index contributed by atoms with van der Waals surface area (Å²) < 4.78 is 26.4. The minimum atomic E-state index is -3.37. The van der Waals surface area contributed by atoms with Gasteiger partial charge in [-0.05, 0) is 25.0 Å². The number of hydrogen-bond donors (Lipinski definition) is 0. The molecule has 1 fully saturated rings. The molecule has 1 aliphatic carbocycles. The zero-order chi connectivity index (χ0) is 12.3. The summed E-state index contributed by atoms with van der Waals surface area (Å²) in [7, 11) is -3.37. The summed E-state index contributed by atoms with van der Waals surface area (Å²) in [6, 6.07) is 8.71. The summed E-state index contributed by atoms with van der Waals surface area (Å²) in [6.07, 6.45) is 3.00. The molecular formula is C12H16ClNO2S. The Bertz CT molecular complexity index is 457. The quantitative estimate of drug-likeness (QED) is 0.773. The maximum atomic E-state index is 12.4. The second kappa shape index (κ2) is 5.38. The Hall–Kier alpha value is -0.580.